The lowest BCUT2D eigenvalue weighted by Gasteiger charge is -2.23. The molecule has 0 bridgehead atoms. The monoisotopic (exact) mass is 247 g/mol. The third-order valence-electron chi connectivity index (χ3n) is 2.49. The average Bonchev–Trinajstić information content (AvgIpc) is 2.19. The molecule has 0 spiro atoms. The summed E-state index contributed by atoms with van der Waals surface area (Å²) < 4.78 is 0. The molecule has 0 aliphatic carbocycles. The van der Waals surface area contributed by atoms with Gasteiger partial charge in [0.15, 0.2) is 0 Å². The maximum atomic E-state index is 6.30. The molecular weight excluding hydrogens is 229 g/mol. The van der Waals surface area contributed by atoms with Gasteiger partial charge in [0.05, 0.1) is 5.38 Å². The molecule has 1 aromatic carbocycles. The van der Waals surface area contributed by atoms with Crippen LogP contribution in [0, 0.1) is 0 Å². The van der Waals surface area contributed by atoms with Crippen LogP contribution in [0.5, 0.6) is 0 Å². The number of nitrogens with zero attached hydrogens (tertiary/aromatic N) is 1. The summed E-state index contributed by atoms with van der Waals surface area (Å²) in [5.74, 6) is 0. The van der Waals surface area contributed by atoms with E-state index < -0.39 is 0 Å². The summed E-state index contributed by atoms with van der Waals surface area (Å²) >= 11 is 6.30. The van der Waals surface area contributed by atoms with Crippen LogP contribution in [0.2, 0.25) is 0 Å². The van der Waals surface area contributed by atoms with Crippen molar-refractivity contribution in [2.24, 2.45) is 0 Å². The molecule has 0 radical (unpaired) electrons. The van der Waals surface area contributed by atoms with Gasteiger partial charge in [-0.1, -0.05) is 30.3 Å². The summed E-state index contributed by atoms with van der Waals surface area (Å²) in [4.78, 5) is 2.25. The average molecular weight is 248 g/mol. The Hall–Kier alpha value is -0.240. The van der Waals surface area contributed by atoms with Crippen molar-refractivity contribution in [3.63, 3.8) is 0 Å². The Labute approximate surface area is 104 Å². The zero-order valence-electron chi connectivity index (χ0n) is 9.48. The van der Waals surface area contributed by atoms with E-state index in [4.69, 9.17) is 11.6 Å². The Morgan fingerprint density at radius 2 is 1.73 bits per heavy atom. The molecule has 0 aliphatic rings. The molecular formula is C12H19Cl2N. The van der Waals surface area contributed by atoms with E-state index in [0.717, 1.165) is 6.54 Å². The molecule has 86 valence electrons. The second-order valence-electron chi connectivity index (χ2n) is 3.91. The molecule has 0 saturated heterocycles. The van der Waals surface area contributed by atoms with Gasteiger partial charge in [-0.05, 0) is 26.5 Å². The topological polar surface area (TPSA) is 3.24 Å². The number of alkyl halides is 1. The second-order valence-corrected chi connectivity index (χ2v) is 4.44. The first-order valence-corrected chi connectivity index (χ1v) is 5.44. The Balaban J connectivity index is 0.00000196. The summed E-state index contributed by atoms with van der Waals surface area (Å²) in [5, 5.41) is 0.0867. The third kappa shape index (κ3) is 4.87. The van der Waals surface area contributed by atoms with E-state index >= 15 is 0 Å². The van der Waals surface area contributed by atoms with Crippen molar-refractivity contribution in [2.45, 2.75) is 25.3 Å². The number of hydrogen-bond donors (Lipinski definition) is 0. The van der Waals surface area contributed by atoms with Crippen LogP contribution < -0.4 is 0 Å². The first-order chi connectivity index (χ1) is 6.61. The Bertz CT molecular complexity index is 262. The fourth-order valence-electron chi connectivity index (χ4n) is 1.23. The number of likely N-dealkylation sites (N-methyl/N-ethyl adjacent to an activating group) is 1. The van der Waals surface area contributed by atoms with Gasteiger partial charge in [0.2, 0.25) is 0 Å². The Morgan fingerprint density at radius 3 is 2.20 bits per heavy atom. The number of rotatable bonds is 4. The van der Waals surface area contributed by atoms with Crippen LogP contribution in [0.4, 0.5) is 0 Å². The molecule has 15 heavy (non-hydrogen) atoms. The van der Waals surface area contributed by atoms with Crippen LogP contribution in [0.3, 0.4) is 0 Å². The summed E-state index contributed by atoms with van der Waals surface area (Å²) in [5.41, 5.74) is 1.20. The molecule has 1 rings (SSSR count). The number of benzene rings is 1. The summed E-state index contributed by atoms with van der Waals surface area (Å²) in [7, 11) is 2.10. The summed E-state index contributed by atoms with van der Waals surface area (Å²) in [6, 6.07) is 10.8. The van der Waals surface area contributed by atoms with Gasteiger partial charge in [-0.25, -0.2) is 0 Å². The highest BCUT2D eigenvalue weighted by molar-refractivity contribution is 6.21. The predicted molar refractivity (Wildman–Crippen MR) is 70.1 cm³/mol. The van der Waals surface area contributed by atoms with E-state index in [9.17, 15) is 0 Å². The SMILES string of the molecule is CC(C)N(C)CC(Cl)c1ccccc1.Cl. The summed E-state index contributed by atoms with van der Waals surface area (Å²) in [6.07, 6.45) is 0. The number of halogens is 2. The molecule has 1 nitrogen and oxygen atoms in total. The van der Waals surface area contributed by atoms with Crippen LogP contribution in [0.15, 0.2) is 30.3 Å². The lowest BCUT2D eigenvalue weighted by molar-refractivity contribution is 0.274. The molecule has 3 heteroatoms. The Morgan fingerprint density at radius 1 is 1.20 bits per heavy atom. The fraction of sp³-hybridized carbons (Fsp3) is 0.500. The molecule has 0 amide bonds. The minimum Gasteiger partial charge on any atom is -0.302 e. The molecule has 0 aromatic heterocycles. The van der Waals surface area contributed by atoms with Crippen molar-refractivity contribution >= 4 is 24.0 Å². The molecule has 1 atom stereocenters. The minimum absolute atomic E-state index is 0. The van der Waals surface area contributed by atoms with Crippen molar-refractivity contribution in [1.82, 2.24) is 4.90 Å². The molecule has 1 aromatic rings. The van der Waals surface area contributed by atoms with Crippen molar-refractivity contribution in [2.75, 3.05) is 13.6 Å². The third-order valence-corrected chi connectivity index (χ3v) is 2.88. The molecule has 1 unspecified atom stereocenters. The van der Waals surface area contributed by atoms with Gasteiger partial charge < -0.3 is 4.90 Å². The van der Waals surface area contributed by atoms with E-state index in [1.54, 1.807) is 0 Å². The van der Waals surface area contributed by atoms with E-state index in [1.807, 2.05) is 18.2 Å². The van der Waals surface area contributed by atoms with Crippen LogP contribution >= 0.6 is 24.0 Å². The normalized spacial score (nSPS) is 12.7. The van der Waals surface area contributed by atoms with Crippen molar-refractivity contribution in [3.05, 3.63) is 35.9 Å². The standard InChI is InChI=1S/C12H18ClN.ClH/c1-10(2)14(3)9-12(13)11-7-5-4-6-8-11;/h4-8,10,12H,9H2,1-3H3;1H. The highest BCUT2D eigenvalue weighted by Crippen LogP contribution is 2.21. The van der Waals surface area contributed by atoms with Gasteiger partial charge >= 0.3 is 0 Å². The van der Waals surface area contributed by atoms with Crippen LogP contribution in [0.25, 0.3) is 0 Å². The minimum atomic E-state index is 0. The zero-order valence-corrected chi connectivity index (χ0v) is 11.1. The van der Waals surface area contributed by atoms with E-state index in [0.29, 0.717) is 6.04 Å². The first-order valence-electron chi connectivity index (χ1n) is 5.00. The molecule has 0 heterocycles. The van der Waals surface area contributed by atoms with E-state index in [1.165, 1.54) is 5.56 Å². The maximum Gasteiger partial charge on any atom is 0.0712 e. The zero-order chi connectivity index (χ0) is 10.6. The largest absolute Gasteiger partial charge is 0.302 e. The van der Waals surface area contributed by atoms with Gasteiger partial charge in [0.25, 0.3) is 0 Å². The highest BCUT2D eigenvalue weighted by Gasteiger charge is 2.11. The first kappa shape index (κ1) is 14.8. The second kappa shape index (κ2) is 7.10. The fourth-order valence-corrected chi connectivity index (χ4v) is 1.59. The lowest BCUT2D eigenvalue weighted by Crippen LogP contribution is -2.29. The van der Waals surface area contributed by atoms with Crippen molar-refractivity contribution in [3.8, 4) is 0 Å². The van der Waals surface area contributed by atoms with E-state index in [2.05, 4.69) is 37.9 Å². The molecule has 0 saturated carbocycles. The van der Waals surface area contributed by atoms with Gasteiger partial charge in [0, 0.05) is 12.6 Å². The molecule has 0 aliphatic heterocycles. The quantitative estimate of drug-likeness (QED) is 0.734. The highest BCUT2D eigenvalue weighted by atomic mass is 35.5. The maximum absolute atomic E-state index is 6.30. The predicted octanol–water partition coefficient (Wildman–Crippen LogP) is 3.73. The Kier molecular flexibility index (Phi) is 6.99. The van der Waals surface area contributed by atoms with Gasteiger partial charge in [-0.2, -0.15) is 0 Å². The smallest absolute Gasteiger partial charge is 0.0712 e. The lowest BCUT2D eigenvalue weighted by atomic mass is 10.1. The van der Waals surface area contributed by atoms with Crippen molar-refractivity contribution < 1.29 is 0 Å². The van der Waals surface area contributed by atoms with Crippen LogP contribution in [-0.4, -0.2) is 24.5 Å². The van der Waals surface area contributed by atoms with Gasteiger partial charge in [-0.15, -0.1) is 24.0 Å². The van der Waals surface area contributed by atoms with Crippen molar-refractivity contribution in [1.29, 1.82) is 0 Å². The van der Waals surface area contributed by atoms with E-state index in [-0.39, 0.29) is 17.8 Å². The molecule has 0 fully saturated rings. The van der Waals surface area contributed by atoms with Crippen LogP contribution in [-0.2, 0) is 0 Å². The van der Waals surface area contributed by atoms with Crippen LogP contribution in [0.1, 0.15) is 24.8 Å². The van der Waals surface area contributed by atoms with Gasteiger partial charge in [-0.3, -0.25) is 0 Å². The summed E-state index contributed by atoms with van der Waals surface area (Å²) in [6.45, 7) is 5.24. The number of hydrogen-bond acceptors (Lipinski definition) is 1. The molecule has 0 N–H and O–H groups in total. The van der Waals surface area contributed by atoms with Gasteiger partial charge in [0.1, 0.15) is 0 Å².